The highest BCUT2D eigenvalue weighted by molar-refractivity contribution is 8.00. The molecule has 1 saturated heterocycles. The van der Waals surface area contributed by atoms with Crippen molar-refractivity contribution >= 4 is 45.9 Å². The summed E-state index contributed by atoms with van der Waals surface area (Å²) in [5.41, 5.74) is 3.30. The van der Waals surface area contributed by atoms with E-state index >= 15 is 0 Å². The van der Waals surface area contributed by atoms with Crippen LogP contribution in [-0.2, 0) is 5.75 Å². The monoisotopic (exact) mass is 491 g/mol. The van der Waals surface area contributed by atoms with E-state index in [4.69, 9.17) is 4.42 Å². The molecular weight excluding hydrogens is 466 g/mol. The molecule has 0 atom stereocenters. The van der Waals surface area contributed by atoms with Gasteiger partial charge in [0.2, 0.25) is 0 Å². The van der Waals surface area contributed by atoms with Crippen LogP contribution in [0.3, 0.4) is 0 Å². The van der Waals surface area contributed by atoms with Gasteiger partial charge in [0, 0.05) is 52.5 Å². The maximum absolute atomic E-state index is 13.5. The Bertz CT molecular complexity index is 1310. The molecule has 174 valence electrons. The Balaban J connectivity index is 1.27. The van der Waals surface area contributed by atoms with Crippen molar-refractivity contribution in [3.05, 3.63) is 82.6 Å². The van der Waals surface area contributed by atoms with Crippen molar-refractivity contribution in [1.82, 2.24) is 15.2 Å². The van der Waals surface area contributed by atoms with Gasteiger partial charge in [0.05, 0.1) is 0 Å². The number of rotatable bonds is 6. The summed E-state index contributed by atoms with van der Waals surface area (Å²) >= 11 is 3.24. The molecule has 8 heteroatoms. The highest BCUT2D eigenvalue weighted by atomic mass is 32.2. The van der Waals surface area contributed by atoms with Gasteiger partial charge < -0.3 is 14.6 Å². The third-order valence-corrected chi connectivity index (χ3v) is 8.15. The average molecular weight is 492 g/mol. The Labute approximate surface area is 206 Å². The van der Waals surface area contributed by atoms with Crippen molar-refractivity contribution in [3.63, 3.8) is 0 Å². The lowest BCUT2D eigenvalue weighted by Crippen LogP contribution is -2.46. The molecule has 34 heavy (non-hydrogen) atoms. The van der Waals surface area contributed by atoms with Crippen molar-refractivity contribution < 1.29 is 14.0 Å². The van der Waals surface area contributed by atoms with Gasteiger partial charge in [-0.2, -0.15) is 0 Å². The quantitative estimate of drug-likeness (QED) is 0.359. The first-order valence-electron chi connectivity index (χ1n) is 11.3. The molecule has 5 rings (SSSR count). The number of carbonyl (C=O) groups excluding carboxylic acids is 2. The maximum atomic E-state index is 13.5. The third kappa shape index (κ3) is 4.88. The van der Waals surface area contributed by atoms with Crippen molar-refractivity contribution in [2.24, 2.45) is 0 Å². The minimum atomic E-state index is -0.0880. The molecule has 6 nitrogen and oxygen atoms in total. The second-order valence-electron chi connectivity index (χ2n) is 8.36. The molecule has 1 aliphatic rings. The second kappa shape index (κ2) is 10.0. The summed E-state index contributed by atoms with van der Waals surface area (Å²) < 4.78 is 7.05. The van der Waals surface area contributed by atoms with Crippen molar-refractivity contribution in [1.29, 1.82) is 0 Å². The number of piperidine rings is 1. The topological polar surface area (TPSA) is 75.4 Å². The molecule has 3 heterocycles. The zero-order chi connectivity index (χ0) is 23.5. The van der Waals surface area contributed by atoms with E-state index in [2.05, 4.69) is 10.3 Å². The molecule has 2 aromatic heterocycles. The van der Waals surface area contributed by atoms with E-state index < -0.39 is 0 Å². The number of carbonyl (C=O) groups is 2. The van der Waals surface area contributed by atoms with Crippen molar-refractivity contribution in [2.75, 3.05) is 13.1 Å². The van der Waals surface area contributed by atoms with Crippen LogP contribution in [0.2, 0.25) is 0 Å². The number of nitrogens with zero attached hydrogens (tertiary/aromatic N) is 2. The molecule has 1 aliphatic heterocycles. The van der Waals surface area contributed by atoms with E-state index in [0.717, 1.165) is 26.6 Å². The Morgan fingerprint density at radius 1 is 1.12 bits per heavy atom. The number of thioether (sulfide) groups is 1. The minimum Gasteiger partial charge on any atom is -0.451 e. The molecule has 0 saturated carbocycles. The lowest BCUT2D eigenvalue weighted by atomic mass is 10.0. The molecule has 0 bridgehead atoms. The molecule has 4 aromatic rings. The van der Waals surface area contributed by atoms with Gasteiger partial charge in [-0.3, -0.25) is 9.59 Å². The summed E-state index contributed by atoms with van der Waals surface area (Å²) in [6, 6.07) is 17.1. The molecule has 0 radical (unpaired) electrons. The summed E-state index contributed by atoms with van der Waals surface area (Å²) in [6.45, 7) is 3.14. The number of thiazole rings is 1. The number of hydrogen-bond acceptors (Lipinski definition) is 6. The van der Waals surface area contributed by atoms with Gasteiger partial charge in [-0.1, -0.05) is 48.2 Å². The Morgan fingerprint density at radius 3 is 2.59 bits per heavy atom. The van der Waals surface area contributed by atoms with E-state index in [1.54, 1.807) is 23.1 Å². The molecule has 0 aliphatic carbocycles. The number of para-hydroxylation sites is 1. The van der Waals surface area contributed by atoms with Gasteiger partial charge in [-0.25, -0.2) is 4.98 Å². The molecule has 2 aromatic carbocycles. The number of benzene rings is 2. The van der Waals surface area contributed by atoms with E-state index in [-0.39, 0.29) is 17.9 Å². The normalized spacial score (nSPS) is 14.4. The van der Waals surface area contributed by atoms with Gasteiger partial charge in [0.15, 0.2) is 5.76 Å². The van der Waals surface area contributed by atoms with E-state index in [1.807, 2.05) is 71.8 Å². The fourth-order valence-corrected chi connectivity index (χ4v) is 6.05. The summed E-state index contributed by atoms with van der Waals surface area (Å²) in [5.74, 6) is 0.873. The largest absolute Gasteiger partial charge is 0.451 e. The first-order chi connectivity index (χ1) is 16.6. The molecular formula is C26H25N3O3S2. The zero-order valence-corrected chi connectivity index (χ0v) is 20.5. The first-order valence-corrected chi connectivity index (χ1v) is 13.2. The van der Waals surface area contributed by atoms with Crippen LogP contribution in [0.1, 0.15) is 45.0 Å². The van der Waals surface area contributed by atoms with Crippen molar-refractivity contribution in [3.8, 4) is 0 Å². The number of likely N-dealkylation sites (tertiary alicyclic amines) is 1. The number of nitrogens with one attached hydrogen (secondary N) is 1. The first kappa shape index (κ1) is 22.7. The Kier molecular flexibility index (Phi) is 6.69. The molecule has 0 unspecified atom stereocenters. The van der Waals surface area contributed by atoms with Gasteiger partial charge in [-0.15, -0.1) is 11.3 Å². The number of amides is 2. The van der Waals surface area contributed by atoms with E-state index in [0.29, 0.717) is 43.0 Å². The Morgan fingerprint density at radius 2 is 1.85 bits per heavy atom. The van der Waals surface area contributed by atoms with Crippen LogP contribution in [0.25, 0.3) is 11.0 Å². The SMILES string of the molecule is Cc1csc(SCc2c(C(=O)N3CCC(NC(=O)c4ccccc4)CC3)oc3ccccc23)n1. The summed E-state index contributed by atoms with van der Waals surface area (Å²) in [6.07, 6.45) is 1.43. The van der Waals surface area contributed by atoms with E-state index in [9.17, 15) is 9.59 Å². The third-order valence-electron chi connectivity index (χ3n) is 5.98. The van der Waals surface area contributed by atoms with Crippen molar-refractivity contribution in [2.45, 2.75) is 35.9 Å². The highest BCUT2D eigenvalue weighted by Crippen LogP contribution is 2.34. The summed E-state index contributed by atoms with van der Waals surface area (Å²) in [5, 5.41) is 6.10. The number of fused-ring (bicyclic) bond motifs is 1. The number of aryl methyl sites for hydroxylation is 1. The van der Waals surface area contributed by atoms with Gasteiger partial charge in [0.25, 0.3) is 11.8 Å². The molecule has 1 fully saturated rings. The van der Waals surface area contributed by atoms with Crippen LogP contribution in [0.4, 0.5) is 0 Å². The molecule has 1 N–H and O–H groups in total. The van der Waals surface area contributed by atoms with Gasteiger partial charge in [-0.05, 0) is 38.0 Å². The predicted octanol–water partition coefficient (Wildman–Crippen LogP) is 5.52. The average Bonchev–Trinajstić information content (AvgIpc) is 3.46. The maximum Gasteiger partial charge on any atom is 0.289 e. The summed E-state index contributed by atoms with van der Waals surface area (Å²) in [4.78, 5) is 32.3. The van der Waals surface area contributed by atoms with E-state index in [1.165, 1.54) is 0 Å². The number of hydrogen-bond donors (Lipinski definition) is 1. The van der Waals surface area contributed by atoms with Crippen LogP contribution in [0.15, 0.2) is 68.7 Å². The fraction of sp³-hybridized carbons (Fsp3) is 0.269. The lowest BCUT2D eigenvalue weighted by molar-refractivity contribution is 0.0668. The Hall–Kier alpha value is -3.10. The predicted molar refractivity (Wildman–Crippen MR) is 135 cm³/mol. The molecule has 0 spiro atoms. The second-order valence-corrected chi connectivity index (χ2v) is 10.4. The minimum absolute atomic E-state index is 0.0515. The molecule has 2 amide bonds. The summed E-state index contributed by atoms with van der Waals surface area (Å²) in [7, 11) is 0. The smallest absolute Gasteiger partial charge is 0.289 e. The standard InChI is InChI=1S/C26H25N3O3S2/c1-17-15-33-26(27-17)34-16-21-20-9-5-6-10-22(20)32-23(21)25(31)29-13-11-19(12-14-29)28-24(30)18-7-3-2-4-8-18/h2-10,15,19H,11-14,16H2,1H3,(H,28,30). The van der Waals surface area contributed by atoms with Crippen LogP contribution in [0.5, 0.6) is 0 Å². The van der Waals surface area contributed by atoms with Crippen LogP contribution >= 0.6 is 23.1 Å². The number of furan rings is 1. The lowest BCUT2D eigenvalue weighted by Gasteiger charge is -2.32. The van der Waals surface area contributed by atoms with Crippen LogP contribution in [-0.4, -0.2) is 40.8 Å². The van der Waals surface area contributed by atoms with Gasteiger partial charge >= 0.3 is 0 Å². The number of aromatic nitrogens is 1. The highest BCUT2D eigenvalue weighted by Gasteiger charge is 2.29. The van der Waals surface area contributed by atoms with Crippen LogP contribution < -0.4 is 5.32 Å². The van der Waals surface area contributed by atoms with Crippen LogP contribution in [0, 0.1) is 6.92 Å². The van der Waals surface area contributed by atoms with Gasteiger partial charge in [0.1, 0.15) is 9.92 Å². The fourth-order valence-electron chi connectivity index (χ4n) is 4.18. The zero-order valence-electron chi connectivity index (χ0n) is 18.8.